The summed E-state index contributed by atoms with van der Waals surface area (Å²) in [6, 6.07) is 5.59. The van der Waals surface area contributed by atoms with E-state index < -0.39 is 36.3 Å². The van der Waals surface area contributed by atoms with Crippen LogP contribution in [-0.2, 0) is 4.79 Å². The van der Waals surface area contributed by atoms with Crippen molar-refractivity contribution in [2.75, 3.05) is 18.0 Å². The Bertz CT molecular complexity index is 745. The highest BCUT2D eigenvalue weighted by Crippen LogP contribution is 2.40. The fraction of sp³-hybridized carbons (Fsp3) is 0.333. The molecular weight excluding hydrogens is 348 g/mol. The van der Waals surface area contributed by atoms with Crippen LogP contribution in [0.4, 0.5) is 22.7 Å². The molecule has 2 heterocycles. The predicted octanol–water partition coefficient (Wildman–Crippen LogP) is 3.65. The van der Waals surface area contributed by atoms with Crippen molar-refractivity contribution in [2.45, 2.75) is 6.18 Å². The van der Waals surface area contributed by atoms with Crippen LogP contribution in [0, 0.1) is 17.7 Å². The zero-order valence-corrected chi connectivity index (χ0v) is 12.9. The van der Waals surface area contributed by atoms with E-state index in [0.29, 0.717) is 16.4 Å². The zero-order chi connectivity index (χ0) is 17.5. The summed E-state index contributed by atoms with van der Waals surface area (Å²) in [4.78, 5) is 16.7. The molecule has 0 saturated carbocycles. The van der Waals surface area contributed by atoms with E-state index in [1.807, 2.05) is 0 Å². The van der Waals surface area contributed by atoms with Gasteiger partial charge < -0.3 is 10.0 Å². The molecule has 2 atom stereocenters. The fourth-order valence-electron chi connectivity index (χ4n) is 2.70. The Morgan fingerprint density at radius 1 is 1.25 bits per heavy atom. The van der Waals surface area contributed by atoms with E-state index >= 15 is 0 Å². The van der Waals surface area contributed by atoms with Gasteiger partial charge in [0.2, 0.25) is 0 Å². The first-order valence-electron chi connectivity index (χ1n) is 7.01. The van der Waals surface area contributed by atoms with Gasteiger partial charge in [0.25, 0.3) is 0 Å². The summed E-state index contributed by atoms with van der Waals surface area (Å²) in [6.45, 7) is -0.674. The van der Waals surface area contributed by atoms with Gasteiger partial charge in [-0.05, 0) is 24.3 Å². The van der Waals surface area contributed by atoms with Crippen LogP contribution in [0.2, 0.25) is 0 Å². The average molecular weight is 360 g/mol. The number of alkyl halides is 3. The van der Waals surface area contributed by atoms with Crippen LogP contribution in [-0.4, -0.2) is 35.3 Å². The maximum absolute atomic E-state index is 13.0. The van der Waals surface area contributed by atoms with Crippen LogP contribution >= 0.6 is 11.3 Å². The number of thiazole rings is 1. The van der Waals surface area contributed by atoms with Gasteiger partial charge in [-0.2, -0.15) is 13.2 Å². The number of aromatic nitrogens is 1. The number of anilines is 1. The van der Waals surface area contributed by atoms with E-state index in [4.69, 9.17) is 5.11 Å². The van der Waals surface area contributed by atoms with E-state index in [9.17, 15) is 22.4 Å². The number of nitrogens with zero attached hydrogens (tertiary/aromatic N) is 2. The summed E-state index contributed by atoms with van der Waals surface area (Å²) in [6.07, 6.45) is -4.57. The third-order valence-electron chi connectivity index (χ3n) is 3.96. The van der Waals surface area contributed by atoms with E-state index in [2.05, 4.69) is 4.98 Å². The standard InChI is InChI=1S/C15H12F4N2O2S/c16-9-3-1-8(2-4-9)12-7-24-14(20-12)21-5-10(13(22)23)11(6-21)15(17,18)19/h1-4,7,10-11H,5-6H2,(H,22,23)/t10-,11-/m1/s1. The number of hydrogen-bond donors (Lipinski definition) is 1. The minimum atomic E-state index is -4.57. The number of benzene rings is 1. The van der Waals surface area contributed by atoms with Gasteiger partial charge >= 0.3 is 12.1 Å². The van der Waals surface area contributed by atoms with Crippen molar-refractivity contribution < 1.29 is 27.5 Å². The lowest BCUT2D eigenvalue weighted by molar-refractivity contribution is -0.187. The molecule has 1 fully saturated rings. The number of carbonyl (C=O) groups is 1. The highest BCUT2D eigenvalue weighted by molar-refractivity contribution is 7.14. The zero-order valence-electron chi connectivity index (χ0n) is 12.1. The van der Waals surface area contributed by atoms with E-state index in [0.717, 1.165) is 11.3 Å². The molecule has 0 spiro atoms. The van der Waals surface area contributed by atoms with E-state index in [1.165, 1.54) is 29.2 Å². The van der Waals surface area contributed by atoms with Gasteiger partial charge in [-0.1, -0.05) is 0 Å². The first-order chi connectivity index (χ1) is 11.3. The third-order valence-corrected chi connectivity index (χ3v) is 4.86. The van der Waals surface area contributed by atoms with Crippen LogP contribution in [0.15, 0.2) is 29.6 Å². The Kier molecular flexibility index (Phi) is 4.20. The number of rotatable bonds is 3. The molecule has 0 aliphatic carbocycles. The Balaban J connectivity index is 1.83. The second kappa shape index (κ2) is 6.04. The van der Waals surface area contributed by atoms with Gasteiger partial charge in [0.1, 0.15) is 5.82 Å². The lowest BCUT2D eigenvalue weighted by Crippen LogP contribution is -2.33. The minimum absolute atomic E-state index is 0.240. The van der Waals surface area contributed by atoms with Crippen molar-refractivity contribution in [3.63, 3.8) is 0 Å². The quantitative estimate of drug-likeness (QED) is 0.849. The summed E-state index contributed by atoms with van der Waals surface area (Å²) in [5.74, 6) is -5.29. The first-order valence-corrected chi connectivity index (χ1v) is 7.89. The molecule has 0 bridgehead atoms. The number of halogens is 4. The lowest BCUT2D eigenvalue weighted by Gasteiger charge is -2.17. The van der Waals surface area contributed by atoms with Crippen LogP contribution < -0.4 is 4.90 Å². The van der Waals surface area contributed by atoms with Gasteiger partial charge in [0.15, 0.2) is 5.13 Å². The van der Waals surface area contributed by atoms with Gasteiger partial charge in [-0.3, -0.25) is 4.79 Å². The lowest BCUT2D eigenvalue weighted by atomic mass is 9.96. The predicted molar refractivity (Wildman–Crippen MR) is 80.4 cm³/mol. The molecule has 24 heavy (non-hydrogen) atoms. The number of carboxylic acids is 1. The highest BCUT2D eigenvalue weighted by Gasteiger charge is 2.53. The maximum Gasteiger partial charge on any atom is 0.394 e. The molecule has 1 aliphatic heterocycles. The first kappa shape index (κ1) is 16.7. The summed E-state index contributed by atoms with van der Waals surface area (Å²) in [5.41, 5.74) is 1.15. The molecule has 0 amide bonds. The van der Waals surface area contributed by atoms with Gasteiger partial charge in [0, 0.05) is 24.0 Å². The van der Waals surface area contributed by atoms with E-state index in [1.54, 1.807) is 5.38 Å². The van der Waals surface area contributed by atoms with Crippen molar-refractivity contribution in [1.29, 1.82) is 0 Å². The summed E-state index contributed by atoms with van der Waals surface area (Å²) < 4.78 is 52.0. The molecule has 0 radical (unpaired) electrons. The molecule has 1 aromatic carbocycles. The van der Waals surface area contributed by atoms with Crippen molar-refractivity contribution >= 4 is 22.4 Å². The highest BCUT2D eigenvalue weighted by atomic mass is 32.1. The van der Waals surface area contributed by atoms with Crippen molar-refractivity contribution in [1.82, 2.24) is 4.98 Å². The molecule has 1 saturated heterocycles. The summed E-state index contributed by atoms with van der Waals surface area (Å²) in [7, 11) is 0. The molecular formula is C15H12F4N2O2S. The average Bonchev–Trinajstić information content (AvgIpc) is 3.14. The fourth-order valence-corrected chi connectivity index (χ4v) is 3.56. The normalized spacial score (nSPS) is 21.2. The molecule has 1 N–H and O–H groups in total. The van der Waals surface area contributed by atoms with Gasteiger partial charge in [-0.15, -0.1) is 11.3 Å². The molecule has 4 nitrogen and oxygen atoms in total. The third kappa shape index (κ3) is 3.21. The van der Waals surface area contributed by atoms with Crippen LogP contribution in [0.1, 0.15) is 0 Å². The molecule has 2 aromatic rings. The minimum Gasteiger partial charge on any atom is -0.481 e. The number of hydrogen-bond acceptors (Lipinski definition) is 4. The topological polar surface area (TPSA) is 53.4 Å². The maximum atomic E-state index is 13.0. The monoisotopic (exact) mass is 360 g/mol. The number of carboxylic acid groups (broad SMARTS) is 1. The van der Waals surface area contributed by atoms with Gasteiger partial charge in [0.05, 0.1) is 17.5 Å². The largest absolute Gasteiger partial charge is 0.481 e. The van der Waals surface area contributed by atoms with Crippen molar-refractivity contribution in [2.24, 2.45) is 11.8 Å². The summed E-state index contributed by atoms with van der Waals surface area (Å²) in [5, 5.41) is 11.0. The smallest absolute Gasteiger partial charge is 0.394 e. The molecule has 1 aliphatic rings. The Labute approximate surface area is 138 Å². The SMILES string of the molecule is O=C(O)[C@@H]1CN(c2nc(-c3ccc(F)cc3)cs2)C[C@H]1C(F)(F)F. The molecule has 128 valence electrons. The molecule has 3 rings (SSSR count). The van der Waals surface area contributed by atoms with Gasteiger partial charge in [-0.25, -0.2) is 9.37 Å². The summed E-state index contributed by atoms with van der Waals surface area (Å²) >= 11 is 1.13. The molecule has 0 unspecified atom stereocenters. The van der Waals surface area contributed by atoms with Crippen molar-refractivity contribution in [3.05, 3.63) is 35.5 Å². The Hall–Kier alpha value is -2.16. The number of aliphatic carboxylic acids is 1. The molecule has 1 aromatic heterocycles. The van der Waals surface area contributed by atoms with Crippen molar-refractivity contribution in [3.8, 4) is 11.3 Å². The van der Waals surface area contributed by atoms with E-state index in [-0.39, 0.29) is 6.54 Å². The second-order valence-corrected chi connectivity index (χ2v) is 6.36. The second-order valence-electron chi connectivity index (χ2n) is 5.52. The Morgan fingerprint density at radius 3 is 2.46 bits per heavy atom. The van der Waals surface area contributed by atoms with Crippen LogP contribution in [0.5, 0.6) is 0 Å². The van der Waals surface area contributed by atoms with Crippen LogP contribution in [0.3, 0.4) is 0 Å². The van der Waals surface area contributed by atoms with Crippen LogP contribution in [0.25, 0.3) is 11.3 Å². The Morgan fingerprint density at radius 2 is 1.92 bits per heavy atom. The molecule has 9 heteroatoms.